The lowest BCUT2D eigenvalue weighted by Crippen LogP contribution is -2.36. The van der Waals surface area contributed by atoms with Crippen molar-refractivity contribution in [3.8, 4) is 0 Å². The van der Waals surface area contributed by atoms with Crippen LogP contribution in [0.5, 0.6) is 0 Å². The molecule has 0 saturated heterocycles. The molecule has 108 valence electrons. The van der Waals surface area contributed by atoms with Gasteiger partial charge in [0.1, 0.15) is 0 Å². The first-order valence-corrected chi connectivity index (χ1v) is 7.95. The highest BCUT2D eigenvalue weighted by Gasteiger charge is 2.29. The van der Waals surface area contributed by atoms with E-state index in [1.807, 2.05) is 0 Å². The molecule has 0 aliphatic heterocycles. The molecule has 0 aromatic heterocycles. The second-order valence-electron chi connectivity index (χ2n) is 5.04. The summed E-state index contributed by atoms with van der Waals surface area (Å²) in [5.74, 6) is 0.632. The summed E-state index contributed by atoms with van der Waals surface area (Å²) < 4.78 is 36.4. The van der Waals surface area contributed by atoms with Gasteiger partial charge in [0.15, 0.2) is 0 Å². The van der Waals surface area contributed by atoms with Crippen LogP contribution in [0, 0.1) is 5.92 Å². The average Bonchev–Trinajstić information content (AvgIpc) is 2.50. The van der Waals surface area contributed by atoms with Crippen molar-refractivity contribution >= 4 is 11.8 Å². The number of rotatable bonds is 6. The first kappa shape index (κ1) is 16.2. The molecule has 0 amide bonds. The lowest BCUT2D eigenvalue weighted by molar-refractivity contribution is -0.0328. The van der Waals surface area contributed by atoms with Crippen LogP contribution in [0.3, 0.4) is 0 Å². The number of hydrogen-bond donors (Lipinski definition) is 1. The molecule has 2 atom stereocenters. The molecule has 0 bridgehead atoms. The molecule has 1 nitrogen and oxygen atoms in total. The molecule has 1 aliphatic carbocycles. The number of nitrogens with one attached hydrogen (secondary N) is 1. The Morgan fingerprint density at radius 2 is 1.89 bits per heavy atom. The molecule has 1 aliphatic rings. The van der Waals surface area contributed by atoms with E-state index in [9.17, 15) is 13.2 Å². The molecule has 1 fully saturated rings. The predicted octanol–water partition coefficient (Wildman–Crippen LogP) is 4.58. The Morgan fingerprint density at radius 3 is 2.56 bits per heavy atom. The highest BCUT2D eigenvalue weighted by molar-refractivity contribution is 8.00. The van der Waals surface area contributed by atoms with Gasteiger partial charge in [-0.15, -0.1) is 0 Å². The van der Waals surface area contributed by atoms with Crippen LogP contribution in [-0.4, -0.2) is 23.8 Å². The molecule has 1 rings (SSSR count). The number of halogens is 3. The van der Waals surface area contributed by atoms with Crippen LogP contribution in [0.15, 0.2) is 0 Å². The standard InChI is InChI=1S/C13H24F3NS/c1-2-9-17-12-7-5-3-4-6-11(12)8-10-18-13(14,15)16/h11-12,17H,2-10H2,1H3. The minimum Gasteiger partial charge on any atom is -0.314 e. The smallest absolute Gasteiger partial charge is 0.314 e. The highest BCUT2D eigenvalue weighted by Crippen LogP contribution is 2.33. The van der Waals surface area contributed by atoms with Gasteiger partial charge in [0, 0.05) is 11.8 Å². The predicted molar refractivity (Wildman–Crippen MR) is 71.8 cm³/mol. The molecule has 0 radical (unpaired) electrons. The summed E-state index contributed by atoms with van der Waals surface area (Å²) in [6.45, 7) is 3.10. The zero-order valence-corrected chi connectivity index (χ0v) is 11.9. The van der Waals surface area contributed by atoms with Crippen molar-refractivity contribution in [2.45, 2.75) is 63.4 Å². The summed E-state index contributed by atoms with van der Waals surface area (Å²) in [5.41, 5.74) is -4.07. The topological polar surface area (TPSA) is 12.0 Å². The lowest BCUT2D eigenvalue weighted by atomic mass is 9.92. The first-order valence-electron chi connectivity index (χ1n) is 6.97. The van der Waals surface area contributed by atoms with Crippen LogP contribution >= 0.6 is 11.8 Å². The molecule has 0 aromatic carbocycles. The van der Waals surface area contributed by atoms with Crippen molar-refractivity contribution in [3.05, 3.63) is 0 Å². The number of hydrogen-bond acceptors (Lipinski definition) is 2. The molecule has 0 spiro atoms. The second-order valence-corrected chi connectivity index (χ2v) is 6.20. The van der Waals surface area contributed by atoms with Crippen molar-refractivity contribution in [1.29, 1.82) is 0 Å². The Hall–Kier alpha value is 0.100. The molecule has 5 heteroatoms. The van der Waals surface area contributed by atoms with E-state index in [1.165, 1.54) is 19.3 Å². The summed E-state index contributed by atoms with van der Waals surface area (Å²) in [6, 6.07) is 0.432. The van der Waals surface area contributed by atoms with E-state index >= 15 is 0 Å². The van der Waals surface area contributed by atoms with E-state index in [4.69, 9.17) is 0 Å². The monoisotopic (exact) mass is 283 g/mol. The van der Waals surface area contributed by atoms with Crippen molar-refractivity contribution in [1.82, 2.24) is 5.32 Å². The molecule has 0 heterocycles. The van der Waals surface area contributed by atoms with E-state index in [2.05, 4.69) is 12.2 Å². The molecular formula is C13H24F3NS. The fraction of sp³-hybridized carbons (Fsp3) is 1.00. The SMILES string of the molecule is CCCNC1CCCCCC1CCSC(F)(F)F. The normalized spacial score (nSPS) is 26.0. The van der Waals surface area contributed by atoms with E-state index in [-0.39, 0.29) is 17.5 Å². The van der Waals surface area contributed by atoms with Crippen LogP contribution in [0.25, 0.3) is 0 Å². The fourth-order valence-corrected chi connectivity index (χ4v) is 3.31. The Kier molecular flexibility index (Phi) is 7.46. The Labute approximate surface area is 112 Å². The van der Waals surface area contributed by atoms with Gasteiger partial charge >= 0.3 is 5.51 Å². The molecular weight excluding hydrogens is 259 g/mol. The third-order valence-corrected chi connectivity index (χ3v) is 4.34. The van der Waals surface area contributed by atoms with Crippen molar-refractivity contribution in [2.75, 3.05) is 12.3 Å². The molecule has 18 heavy (non-hydrogen) atoms. The first-order chi connectivity index (χ1) is 8.53. The van der Waals surface area contributed by atoms with Gasteiger partial charge in [-0.05, 0) is 38.1 Å². The number of thioether (sulfide) groups is 1. The van der Waals surface area contributed by atoms with Gasteiger partial charge in [0.2, 0.25) is 0 Å². The summed E-state index contributed by atoms with van der Waals surface area (Å²) in [5, 5.41) is 3.52. The van der Waals surface area contributed by atoms with Crippen molar-refractivity contribution < 1.29 is 13.2 Å². The maximum atomic E-state index is 12.1. The molecule has 1 N–H and O–H groups in total. The van der Waals surface area contributed by atoms with E-state index in [1.54, 1.807) is 0 Å². The van der Waals surface area contributed by atoms with Crippen LogP contribution in [0.4, 0.5) is 13.2 Å². The molecule has 1 saturated carbocycles. The Morgan fingerprint density at radius 1 is 1.17 bits per heavy atom. The van der Waals surface area contributed by atoms with Gasteiger partial charge in [-0.2, -0.15) is 13.2 Å². The maximum absolute atomic E-state index is 12.1. The maximum Gasteiger partial charge on any atom is 0.441 e. The zero-order chi connectivity index (χ0) is 13.4. The minimum atomic E-state index is -4.07. The minimum absolute atomic E-state index is 0.132. The quantitative estimate of drug-likeness (QED) is 0.716. The summed E-state index contributed by atoms with van der Waals surface area (Å²) in [6.07, 6.45) is 7.59. The third-order valence-electron chi connectivity index (χ3n) is 3.57. The van der Waals surface area contributed by atoms with Gasteiger partial charge in [-0.3, -0.25) is 0 Å². The van der Waals surface area contributed by atoms with E-state index in [0.717, 1.165) is 25.8 Å². The van der Waals surface area contributed by atoms with Crippen LogP contribution in [0.2, 0.25) is 0 Å². The summed E-state index contributed by atoms with van der Waals surface area (Å²) in [4.78, 5) is 0. The lowest BCUT2D eigenvalue weighted by Gasteiger charge is -2.26. The van der Waals surface area contributed by atoms with Crippen LogP contribution < -0.4 is 5.32 Å². The fourth-order valence-electron chi connectivity index (χ4n) is 2.65. The van der Waals surface area contributed by atoms with Gasteiger partial charge in [-0.25, -0.2) is 0 Å². The Bertz CT molecular complexity index is 221. The largest absolute Gasteiger partial charge is 0.441 e. The third kappa shape index (κ3) is 6.88. The van der Waals surface area contributed by atoms with Crippen LogP contribution in [-0.2, 0) is 0 Å². The Balaban J connectivity index is 2.36. The van der Waals surface area contributed by atoms with Gasteiger partial charge < -0.3 is 5.32 Å². The van der Waals surface area contributed by atoms with Gasteiger partial charge in [0.25, 0.3) is 0 Å². The van der Waals surface area contributed by atoms with Crippen LogP contribution in [0.1, 0.15) is 51.9 Å². The molecule has 0 aromatic rings. The van der Waals surface area contributed by atoms with Crippen molar-refractivity contribution in [3.63, 3.8) is 0 Å². The zero-order valence-electron chi connectivity index (χ0n) is 11.1. The average molecular weight is 283 g/mol. The van der Waals surface area contributed by atoms with E-state index < -0.39 is 5.51 Å². The summed E-state index contributed by atoms with van der Waals surface area (Å²) in [7, 11) is 0. The summed E-state index contributed by atoms with van der Waals surface area (Å²) >= 11 is 0.132. The van der Waals surface area contributed by atoms with Crippen molar-refractivity contribution in [2.24, 2.45) is 5.92 Å². The van der Waals surface area contributed by atoms with Gasteiger partial charge in [-0.1, -0.05) is 37.9 Å². The van der Waals surface area contributed by atoms with E-state index in [0.29, 0.717) is 18.4 Å². The van der Waals surface area contributed by atoms with Gasteiger partial charge in [0.05, 0.1) is 0 Å². The number of alkyl halides is 3. The molecule has 2 unspecified atom stereocenters. The highest BCUT2D eigenvalue weighted by atomic mass is 32.2. The second kappa shape index (κ2) is 8.31.